The van der Waals surface area contributed by atoms with Crippen LogP contribution in [0.15, 0.2) is 42.5 Å². The van der Waals surface area contributed by atoms with Crippen molar-refractivity contribution in [3.63, 3.8) is 0 Å². The van der Waals surface area contributed by atoms with Gasteiger partial charge in [0.25, 0.3) is 11.8 Å². The van der Waals surface area contributed by atoms with Crippen LogP contribution in [0.3, 0.4) is 0 Å². The molecule has 9 nitrogen and oxygen atoms in total. The first-order valence-electron chi connectivity index (χ1n) is 9.24. The third kappa shape index (κ3) is 3.39. The minimum atomic E-state index is -3.35. The average molecular weight is 428 g/mol. The van der Waals surface area contributed by atoms with Gasteiger partial charge in [0.2, 0.25) is 10.0 Å². The van der Waals surface area contributed by atoms with Crippen molar-refractivity contribution in [1.29, 1.82) is 0 Å². The number of nitrogens with zero attached hydrogens (tertiary/aromatic N) is 1. The van der Waals surface area contributed by atoms with Gasteiger partial charge in [0.1, 0.15) is 5.54 Å². The number of fused-ring (bicyclic) bond motifs is 1. The summed E-state index contributed by atoms with van der Waals surface area (Å²) in [5.41, 5.74) is 1.55. The van der Waals surface area contributed by atoms with E-state index >= 15 is 0 Å². The zero-order valence-electron chi connectivity index (χ0n) is 16.4. The molecule has 2 aliphatic heterocycles. The Bertz CT molecular complexity index is 1190. The monoisotopic (exact) mass is 428 g/mol. The first kappa shape index (κ1) is 19.9. The van der Waals surface area contributed by atoms with Crippen LogP contribution in [0, 0.1) is 0 Å². The van der Waals surface area contributed by atoms with Gasteiger partial charge in [0.15, 0.2) is 0 Å². The van der Waals surface area contributed by atoms with E-state index in [4.69, 9.17) is 0 Å². The van der Waals surface area contributed by atoms with Gasteiger partial charge < -0.3 is 10.6 Å². The minimum absolute atomic E-state index is 0.355. The fraction of sp³-hybridized carbons (Fsp3) is 0.250. The number of nitrogens with one attached hydrogen (secondary N) is 3. The van der Waals surface area contributed by atoms with Crippen molar-refractivity contribution in [2.75, 3.05) is 22.4 Å². The van der Waals surface area contributed by atoms with E-state index in [1.165, 1.54) is 4.31 Å². The number of carbonyl (C=O) groups excluding carboxylic acids is 3. The van der Waals surface area contributed by atoms with E-state index in [-0.39, 0.29) is 5.91 Å². The number of hydrogen-bond donors (Lipinski definition) is 3. The first-order valence-corrected chi connectivity index (χ1v) is 11.1. The van der Waals surface area contributed by atoms with Crippen LogP contribution in [-0.2, 0) is 26.8 Å². The van der Waals surface area contributed by atoms with E-state index in [2.05, 4.69) is 16.0 Å². The Kier molecular flexibility index (Phi) is 4.53. The molecule has 0 bridgehead atoms. The van der Waals surface area contributed by atoms with Gasteiger partial charge in [-0.25, -0.2) is 13.2 Å². The molecule has 1 saturated heterocycles. The molecule has 156 valence electrons. The van der Waals surface area contributed by atoms with Crippen LogP contribution in [0.4, 0.5) is 16.2 Å². The van der Waals surface area contributed by atoms with Crippen molar-refractivity contribution in [1.82, 2.24) is 10.6 Å². The summed E-state index contributed by atoms with van der Waals surface area (Å²) in [7, 11) is -3.35. The molecule has 0 radical (unpaired) electrons. The molecule has 1 unspecified atom stereocenters. The van der Waals surface area contributed by atoms with Crippen LogP contribution in [-0.4, -0.2) is 39.1 Å². The molecule has 2 aromatic carbocycles. The summed E-state index contributed by atoms with van der Waals surface area (Å²) in [6, 6.07) is 11.0. The zero-order chi connectivity index (χ0) is 21.7. The Balaban J connectivity index is 1.56. The Morgan fingerprint density at radius 3 is 2.60 bits per heavy atom. The van der Waals surface area contributed by atoms with Crippen molar-refractivity contribution >= 4 is 39.2 Å². The molecular weight excluding hydrogens is 408 g/mol. The maximum Gasteiger partial charge on any atom is 0.322 e. The van der Waals surface area contributed by atoms with Gasteiger partial charge in [-0.2, -0.15) is 0 Å². The molecule has 3 N–H and O–H groups in total. The van der Waals surface area contributed by atoms with E-state index < -0.39 is 27.5 Å². The molecule has 1 fully saturated rings. The van der Waals surface area contributed by atoms with Gasteiger partial charge in [0.05, 0.1) is 11.9 Å². The lowest BCUT2D eigenvalue weighted by Crippen LogP contribution is -2.40. The number of carbonyl (C=O) groups is 3. The fourth-order valence-electron chi connectivity index (χ4n) is 3.71. The number of benzene rings is 2. The van der Waals surface area contributed by atoms with Gasteiger partial charge in [-0.3, -0.25) is 19.2 Å². The Morgan fingerprint density at radius 1 is 1.17 bits per heavy atom. The summed E-state index contributed by atoms with van der Waals surface area (Å²) in [5, 5.41) is 7.58. The number of imide groups is 1. The largest absolute Gasteiger partial charge is 0.322 e. The van der Waals surface area contributed by atoms with Crippen LogP contribution < -0.4 is 20.3 Å². The lowest BCUT2D eigenvalue weighted by atomic mass is 9.92. The topological polar surface area (TPSA) is 125 Å². The second kappa shape index (κ2) is 6.84. The predicted octanol–water partition coefficient (Wildman–Crippen LogP) is 1.32. The molecular formula is C20H20N4O5S. The number of amides is 4. The van der Waals surface area contributed by atoms with Gasteiger partial charge in [-0.05, 0) is 54.8 Å². The van der Waals surface area contributed by atoms with Crippen molar-refractivity contribution in [2.24, 2.45) is 0 Å². The van der Waals surface area contributed by atoms with E-state index in [0.717, 1.165) is 11.8 Å². The van der Waals surface area contributed by atoms with E-state index in [9.17, 15) is 22.8 Å². The highest BCUT2D eigenvalue weighted by atomic mass is 32.2. The third-order valence-electron chi connectivity index (χ3n) is 5.34. The molecule has 2 heterocycles. The molecule has 2 aromatic rings. The van der Waals surface area contributed by atoms with Crippen LogP contribution in [0.2, 0.25) is 0 Å². The lowest BCUT2D eigenvalue weighted by Gasteiger charge is -2.21. The summed E-state index contributed by atoms with van der Waals surface area (Å²) in [5.74, 6) is -0.831. The molecule has 10 heteroatoms. The van der Waals surface area contributed by atoms with Crippen molar-refractivity contribution < 1.29 is 22.8 Å². The van der Waals surface area contributed by atoms with Crippen LogP contribution in [0.5, 0.6) is 0 Å². The first-order chi connectivity index (χ1) is 14.1. The number of anilines is 2. The number of rotatable bonds is 4. The quantitative estimate of drug-likeness (QED) is 0.634. The molecule has 30 heavy (non-hydrogen) atoms. The SMILES string of the molecule is CC1(c2cccc(NC(=O)c3ccc4c(c3)CCN4S(C)(=O)=O)c2)NC(=O)NC1=O. The summed E-state index contributed by atoms with van der Waals surface area (Å²) in [6.07, 6.45) is 1.69. The molecule has 0 aliphatic carbocycles. The third-order valence-corrected chi connectivity index (χ3v) is 6.52. The van der Waals surface area contributed by atoms with E-state index in [1.54, 1.807) is 49.4 Å². The van der Waals surface area contributed by atoms with Crippen LogP contribution in [0.25, 0.3) is 0 Å². The van der Waals surface area contributed by atoms with Gasteiger partial charge in [-0.1, -0.05) is 12.1 Å². The zero-order valence-corrected chi connectivity index (χ0v) is 17.2. The fourth-order valence-corrected chi connectivity index (χ4v) is 4.67. The highest BCUT2D eigenvalue weighted by molar-refractivity contribution is 7.92. The van der Waals surface area contributed by atoms with Crippen molar-refractivity contribution in [2.45, 2.75) is 18.9 Å². The Morgan fingerprint density at radius 2 is 1.93 bits per heavy atom. The van der Waals surface area contributed by atoms with E-state index in [1.807, 2.05) is 0 Å². The van der Waals surface area contributed by atoms with Crippen molar-refractivity contribution in [3.05, 3.63) is 59.2 Å². The van der Waals surface area contributed by atoms with Crippen LogP contribution >= 0.6 is 0 Å². The second-order valence-electron chi connectivity index (χ2n) is 7.50. The highest BCUT2D eigenvalue weighted by Crippen LogP contribution is 2.31. The maximum absolute atomic E-state index is 12.7. The van der Waals surface area contributed by atoms with Gasteiger partial charge in [-0.15, -0.1) is 0 Å². The second-order valence-corrected chi connectivity index (χ2v) is 9.40. The lowest BCUT2D eigenvalue weighted by molar-refractivity contribution is -0.123. The molecule has 4 amide bonds. The Hall–Kier alpha value is -3.40. The van der Waals surface area contributed by atoms with Gasteiger partial charge in [0, 0.05) is 17.8 Å². The molecule has 0 saturated carbocycles. The minimum Gasteiger partial charge on any atom is -0.322 e. The van der Waals surface area contributed by atoms with E-state index in [0.29, 0.717) is 35.5 Å². The average Bonchev–Trinajstić information content (AvgIpc) is 3.22. The number of hydrogen-bond acceptors (Lipinski definition) is 5. The Labute approximate surface area is 173 Å². The molecule has 2 aliphatic rings. The number of urea groups is 1. The smallest absolute Gasteiger partial charge is 0.322 e. The maximum atomic E-state index is 12.7. The number of sulfonamides is 1. The highest BCUT2D eigenvalue weighted by Gasteiger charge is 2.43. The summed E-state index contributed by atoms with van der Waals surface area (Å²) >= 11 is 0. The summed E-state index contributed by atoms with van der Waals surface area (Å²) in [6.45, 7) is 1.94. The molecule has 0 spiro atoms. The normalized spacial score (nSPS) is 20.5. The molecule has 1 atom stereocenters. The van der Waals surface area contributed by atoms with Crippen molar-refractivity contribution in [3.8, 4) is 0 Å². The summed E-state index contributed by atoms with van der Waals surface area (Å²) < 4.78 is 25.0. The molecule has 4 rings (SSSR count). The van der Waals surface area contributed by atoms with Gasteiger partial charge >= 0.3 is 6.03 Å². The molecule has 0 aromatic heterocycles. The van der Waals surface area contributed by atoms with Crippen LogP contribution in [0.1, 0.15) is 28.4 Å². The summed E-state index contributed by atoms with van der Waals surface area (Å²) in [4.78, 5) is 36.4. The standard InChI is InChI=1S/C20H20N4O5S/c1-20(18(26)22-19(27)23-20)14-4-3-5-15(11-14)21-17(25)13-6-7-16-12(10-13)8-9-24(16)30(2,28)29/h3-7,10-11H,8-9H2,1-2H3,(H,21,25)(H2,22,23,26,27). The predicted molar refractivity (Wildman–Crippen MR) is 111 cm³/mol.